The smallest absolute Gasteiger partial charge is 0.870 e. The van der Waals surface area contributed by atoms with Crippen LogP contribution in [0.4, 0.5) is 0 Å². The topological polar surface area (TPSA) is 54.6 Å². The van der Waals surface area contributed by atoms with E-state index in [0.29, 0.717) is 0 Å². The molecule has 0 aliphatic carbocycles. The monoisotopic (exact) mass is 327 g/mol. The van der Waals surface area contributed by atoms with E-state index in [1.165, 1.54) is 0 Å². The van der Waals surface area contributed by atoms with E-state index in [-0.39, 0.29) is 89.7 Å². The van der Waals surface area contributed by atoms with Crippen LogP contribution in [0.15, 0.2) is 0 Å². The average molecular weight is 329 g/mol. The predicted octanol–water partition coefficient (Wildman–Crippen LogP) is -2.79. The number of rotatable bonds is 0. The second kappa shape index (κ2) is 9.37. The van der Waals surface area contributed by atoms with Crippen molar-refractivity contribution in [3.05, 3.63) is 25.1 Å². The van der Waals surface area contributed by atoms with Gasteiger partial charge in [-0.15, -0.1) is 0 Å². The maximum Gasteiger partial charge on any atom is 1.00 e. The molecule has 15 heavy (non-hydrogen) atoms. The average Bonchev–Trinajstić information content (AvgIpc) is 2.08. The summed E-state index contributed by atoms with van der Waals surface area (Å²) < 4.78 is 0. The van der Waals surface area contributed by atoms with Gasteiger partial charge in [-0.1, -0.05) is 63.8 Å². The van der Waals surface area contributed by atoms with Crippen molar-refractivity contribution in [2.24, 2.45) is 0 Å². The second-order valence-corrected chi connectivity index (χ2v) is 3.79. The zero-order valence-electron chi connectivity index (χ0n) is 7.80. The maximum atomic E-state index is 11.1. The number of hydrogen-bond acceptors (Lipinski definition) is 1. The molecule has 1 rings (SSSR count). The molecular formula is C6H2Cl5Na2O2+. The number of benzene rings is 1. The summed E-state index contributed by atoms with van der Waals surface area (Å²) in [6.45, 7) is 0. The molecule has 0 saturated heterocycles. The Morgan fingerprint density at radius 1 is 0.600 bits per heavy atom. The van der Waals surface area contributed by atoms with Crippen molar-refractivity contribution in [2.75, 3.05) is 0 Å². The fourth-order valence-electron chi connectivity index (χ4n) is 0.585. The molecule has 0 atom stereocenters. The second-order valence-electron chi connectivity index (χ2n) is 1.90. The van der Waals surface area contributed by atoms with E-state index in [1.54, 1.807) is 0 Å². The zero-order chi connectivity index (χ0) is 9.46. The van der Waals surface area contributed by atoms with Gasteiger partial charge in [-0.3, -0.25) is 0 Å². The summed E-state index contributed by atoms with van der Waals surface area (Å²) in [6.07, 6.45) is 0. The van der Waals surface area contributed by atoms with Gasteiger partial charge in [-0.05, 0) is 0 Å². The summed E-state index contributed by atoms with van der Waals surface area (Å²) >= 11 is 27.7. The van der Waals surface area contributed by atoms with Gasteiger partial charge in [0.1, 0.15) is 0 Å². The summed E-state index contributed by atoms with van der Waals surface area (Å²) in [5.41, 5.74) is 0. The third-order valence-corrected chi connectivity index (χ3v) is 3.41. The quantitative estimate of drug-likeness (QED) is 0.288. The Bertz CT molecular complexity index is 242. The van der Waals surface area contributed by atoms with E-state index in [4.69, 9.17) is 58.0 Å². The third kappa shape index (κ3) is 4.90. The fraction of sp³-hybridized carbons (Fsp3) is 0. The Hall–Kier alpha value is 2.43. The molecule has 0 amide bonds. The third-order valence-electron chi connectivity index (χ3n) is 1.17. The first-order valence-electron chi connectivity index (χ1n) is 2.65. The van der Waals surface area contributed by atoms with Gasteiger partial charge >= 0.3 is 59.1 Å². The van der Waals surface area contributed by atoms with E-state index in [0.717, 1.165) is 0 Å². The van der Waals surface area contributed by atoms with E-state index < -0.39 is 5.75 Å². The van der Waals surface area contributed by atoms with Crippen LogP contribution < -0.4 is 64.2 Å². The molecule has 74 valence electrons. The van der Waals surface area contributed by atoms with Crippen molar-refractivity contribution in [1.29, 1.82) is 0 Å². The molecule has 1 aromatic carbocycles. The summed E-state index contributed by atoms with van der Waals surface area (Å²) in [5, 5.41) is 10.5. The normalized spacial score (nSPS) is 8.33. The van der Waals surface area contributed by atoms with Gasteiger partial charge in [0.25, 0.3) is 0 Å². The van der Waals surface area contributed by atoms with Crippen LogP contribution in [0.1, 0.15) is 0 Å². The van der Waals surface area contributed by atoms with Crippen molar-refractivity contribution in [3.63, 3.8) is 0 Å². The van der Waals surface area contributed by atoms with Crippen LogP contribution >= 0.6 is 58.0 Å². The molecule has 0 aliphatic rings. The molecule has 0 unspecified atom stereocenters. The van der Waals surface area contributed by atoms with Crippen molar-refractivity contribution in [1.82, 2.24) is 0 Å². The SMILES string of the molecule is O.[Na+].[Na+].[O-]c1c(Cl)c(Cl)c(Cl)c(Cl)c1Cl. The van der Waals surface area contributed by atoms with Crippen LogP contribution in [0.2, 0.25) is 25.1 Å². The van der Waals surface area contributed by atoms with Gasteiger partial charge < -0.3 is 10.6 Å². The Morgan fingerprint density at radius 3 is 1.07 bits per heavy atom. The Kier molecular flexibility index (Phi) is 14.1. The molecule has 0 spiro atoms. The number of halogens is 5. The Labute approximate surface area is 156 Å². The van der Waals surface area contributed by atoms with Gasteiger partial charge in [0.2, 0.25) is 0 Å². The zero-order valence-corrected chi connectivity index (χ0v) is 15.6. The van der Waals surface area contributed by atoms with Crippen molar-refractivity contribution < 1.29 is 69.7 Å². The Morgan fingerprint density at radius 2 is 0.800 bits per heavy atom. The van der Waals surface area contributed by atoms with Gasteiger partial charge in [0.05, 0.1) is 25.1 Å². The van der Waals surface area contributed by atoms with Gasteiger partial charge in [-0.2, -0.15) is 0 Å². The van der Waals surface area contributed by atoms with E-state index in [9.17, 15) is 5.11 Å². The minimum absolute atomic E-state index is 0. The minimum atomic E-state index is -0.613. The van der Waals surface area contributed by atoms with Crippen molar-refractivity contribution >= 4 is 58.0 Å². The molecule has 0 bridgehead atoms. The standard InChI is InChI=1S/C6HCl5O.2Na.H2O/c7-1-2(8)4(10)6(12)5(11)3(1)9;;;/h12H;;;1H2/q;2*+1;/p-1. The molecule has 0 aromatic heterocycles. The Balaban J connectivity index is -0.000000480. The molecule has 0 fully saturated rings. The molecular weight excluding hydrogens is 327 g/mol. The van der Waals surface area contributed by atoms with Crippen LogP contribution in [-0.4, -0.2) is 5.48 Å². The van der Waals surface area contributed by atoms with E-state index in [1.807, 2.05) is 0 Å². The van der Waals surface area contributed by atoms with Crippen LogP contribution in [0.5, 0.6) is 5.75 Å². The summed E-state index contributed by atoms with van der Waals surface area (Å²) in [7, 11) is 0. The van der Waals surface area contributed by atoms with Crippen molar-refractivity contribution in [3.8, 4) is 5.75 Å². The predicted molar refractivity (Wildman–Crippen MR) is 54.6 cm³/mol. The van der Waals surface area contributed by atoms with Gasteiger partial charge in [0, 0.05) is 0 Å². The van der Waals surface area contributed by atoms with Crippen LogP contribution in [0.25, 0.3) is 0 Å². The number of hydrogen-bond donors (Lipinski definition) is 0. The molecule has 0 radical (unpaired) electrons. The molecule has 9 heteroatoms. The summed E-state index contributed by atoms with van der Waals surface area (Å²) in [4.78, 5) is 0. The molecule has 0 saturated carbocycles. The first-order valence-corrected chi connectivity index (χ1v) is 4.54. The summed E-state index contributed by atoms with van der Waals surface area (Å²) in [6, 6.07) is 0. The van der Waals surface area contributed by atoms with E-state index in [2.05, 4.69) is 0 Å². The molecule has 2 nitrogen and oxygen atoms in total. The van der Waals surface area contributed by atoms with Crippen LogP contribution in [0.3, 0.4) is 0 Å². The van der Waals surface area contributed by atoms with Gasteiger partial charge in [-0.25, -0.2) is 0 Å². The fourth-order valence-corrected chi connectivity index (χ4v) is 1.71. The minimum Gasteiger partial charge on any atom is -0.870 e. The summed E-state index contributed by atoms with van der Waals surface area (Å²) in [5.74, 6) is -0.613. The molecule has 2 N–H and O–H groups in total. The first kappa shape index (κ1) is 22.6. The first-order chi connectivity index (χ1) is 5.46. The van der Waals surface area contributed by atoms with Crippen LogP contribution in [0, 0.1) is 0 Å². The molecule has 0 aliphatic heterocycles. The van der Waals surface area contributed by atoms with Crippen LogP contribution in [-0.2, 0) is 0 Å². The molecule has 1 aromatic rings. The largest absolute Gasteiger partial charge is 1.00 e. The molecule has 0 heterocycles. The maximum absolute atomic E-state index is 11.1. The van der Waals surface area contributed by atoms with E-state index >= 15 is 0 Å². The van der Waals surface area contributed by atoms with Gasteiger partial charge in [0.15, 0.2) is 0 Å². The van der Waals surface area contributed by atoms with Crippen molar-refractivity contribution in [2.45, 2.75) is 0 Å².